The van der Waals surface area contributed by atoms with Gasteiger partial charge in [0.05, 0.1) is 31.2 Å². The molecule has 4 heterocycles. The minimum Gasteiger partial charge on any atom is -0.460 e. The number of rotatable bonds is 6. The lowest BCUT2D eigenvalue weighted by atomic mass is 9.77. The number of nitrogens with zero attached hydrogens (tertiary/aromatic N) is 2. The maximum Gasteiger partial charge on any atom is 0.313 e. The van der Waals surface area contributed by atoms with Crippen molar-refractivity contribution in [1.29, 1.82) is 0 Å². The van der Waals surface area contributed by atoms with Crippen LogP contribution in [0.25, 0.3) is 0 Å². The summed E-state index contributed by atoms with van der Waals surface area (Å²) >= 11 is 0. The molecular formula is C36H49N3O7. The Morgan fingerprint density at radius 3 is 2.43 bits per heavy atom. The van der Waals surface area contributed by atoms with Gasteiger partial charge in [0.25, 0.3) is 0 Å². The highest BCUT2D eigenvalue weighted by Gasteiger charge is 2.73. The van der Waals surface area contributed by atoms with Gasteiger partial charge in [0, 0.05) is 18.5 Å². The van der Waals surface area contributed by atoms with Crippen molar-refractivity contribution in [1.82, 2.24) is 15.1 Å². The van der Waals surface area contributed by atoms with Gasteiger partial charge in [-0.25, -0.2) is 0 Å². The van der Waals surface area contributed by atoms with E-state index < -0.39 is 59.1 Å². The van der Waals surface area contributed by atoms with Crippen molar-refractivity contribution in [3.05, 3.63) is 60.2 Å². The lowest BCUT2D eigenvalue weighted by molar-refractivity contribution is -0.160. The van der Waals surface area contributed by atoms with E-state index in [-0.39, 0.29) is 36.8 Å². The van der Waals surface area contributed by atoms with Gasteiger partial charge in [-0.05, 0) is 51.0 Å². The molecular weight excluding hydrogens is 586 g/mol. The number of hydrogen-bond acceptors (Lipinski definition) is 7. The van der Waals surface area contributed by atoms with E-state index in [9.17, 15) is 24.3 Å². The van der Waals surface area contributed by atoms with Gasteiger partial charge in [-0.1, -0.05) is 75.4 Å². The van der Waals surface area contributed by atoms with Crippen LogP contribution < -0.4 is 5.32 Å². The Morgan fingerprint density at radius 2 is 1.76 bits per heavy atom. The van der Waals surface area contributed by atoms with E-state index in [0.29, 0.717) is 25.8 Å². The fourth-order valence-corrected chi connectivity index (χ4v) is 8.07. The first-order chi connectivity index (χ1) is 21.7. The Kier molecular flexibility index (Phi) is 9.53. The molecule has 1 aromatic carbocycles. The van der Waals surface area contributed by atoms with Gasteiger partial charge in [-0.2, -0.15) is 0 Å². The number of fused-ring (bicyclic) bond motifs is 2. The van der Waals surface area contributed by atoms with Crippen LogP contribution >= 0.6 is 0 Å². The van der Waals surface area contributed by atoms with Gasteiger partial charge in [-0.3, -0.25) is 19.2 Å². The van der Waals surface area contributed by atoms with Crippen molar-refractivity contribution in [2.75, 3.05) is 19.7 Å². The van der Waals surface area contributed by atoms with E-state index >= 15 is 0 Å². The zero-order valence-electron chi connectivity index (χ0n) is 27.9. The second kappa shape index (κ2) is 13.0. The summed E-state index contributed by atoms with van der Waals surface area (Å²) in [6, 6.07) is 7.69. The molecule has 0 saturated carbocycles. The highest BCUT2D eigenvalue weighted by Crippen LogP contribution is 2.54. The Hall–Kier alpha value is -3.50. The Morgan fingerprint density at radius 1 is 1.04 bits per heavy atom. The van der Waals surface area contributed by atoms with Gasteiger partial charge in [0.15, 0.2) is 0 Å². The van der Waals surface area contributed by atoms with Crippen LogP contribution in [-0.4, -0.2) is 93.7 Å². The third-order valence-electron chi connectivity index (χ3n) is 9.58. The van der Waals surface area contributed by atoms with Gasteiger partial charge in [0.2, 0.25) is 17.7 Å². The predicted molar refractivity (Wildman–Crippen MR) is 172 cm³/mol. The molecule has 0 unspecified atom stereocenters. The van der Waals surface area contributed by atoms with E-state index in [1.54, 1.807) is 19.1 Å². The van der Waals surface area contributed by atoms with Crippen LogP contribution in [-0.2, 0) is 35.1 Å². The number of aliphatic hydroxyl groups is 1. The molecule has 0 aliphatic carbocycles. The molecule has 0 radical (unpaired) electrons. The zero-order chi connectivity index (χ0) is 33.4. The van der Waals surface area contributed by atoms with E-state index in [4.69, 9.17) is 9.47 Å². The van der Waals surface area contributed by atoms with E-state index in [1.165, 1.54) is 4.90 Å². The number of hydrogen-bond donors (Lipinski definition) is 2. The number of nitrogens with one attached hydrogen (secondary N) is 1. The average molecular weight is 636 g/mol. The molecule has 0 aromatic heterocycles. The first kappa shape index (κ1) is 33.9. The van der Waals surface area contributed by atoms with Crippen LogP contribution in [0.15, 0.2) is 54.6 Å². The number of ether oxygens (including phenoxy) is 2. The summed E-state index contributed by atoms with van der Waals surface area (Å²) in [7, 11) is 0. The summed E-state index contributed by atoms with van der Waals surface area (Å²) in [5, 5.41) is 13.6. The molecule has 3 amide bonds. The second-order valence-corrected chi connectivity index (χ2v) is 15.0. The van der Waals surface area contributed by atoms with Gasteiger partial charge in [0.1, 0.15) is 23.7 Å². The number of cyclic esters (lactones) is 1. The Labute approximate surface area is 272 Å². The molecule has 1 spiro atoms. The molecule has 2 N–H and O–H groups in total. The summed E-state index contributed by atoms with van der Waals surface area (Å²) in [5.74, 6) is -3.55. The third kappa shape index (κ3) is 6.51. The first-order valence-corrected chi connectivity index (χ1v) is 16.5. The quantitative estimate of drug-likeness (QED) is 0.363. The largest absolute Gasteiger partial charge is 0.460 e. The van der Waals surface area contributed by atoms with E-state index in [2.05, 4.69) is 26.1 Å². The van der Waals surface area contributed by atoms with E-state index in [1.807, 2.05) is 61.2 Å². The highest BCUT2D eigenvalue weighted by molar-refractivity contribution is 5.99. The standard InChI is InChI=1S/C36H49N3O7/c1-23-20-37-27(41)16-11-10-15-26-28(33(44)45-23)29-31(42)39(25(21-40)19-24-13-8-7-9-14-24)30-32(43)38(18-12-17-36(29,30)46-26)35(5,6)22-34(2,3)4/h7-10,12-15,17,23,25-26,28-30,40H,11,16,18-22H2,1-6H3,(H,37,41)/b15-10-/t23-,25+,26-,28+,29+,30-,36+/m0/s1. The van der Waals surface area contributed by atoms with Crippen molar-refractivity contribution in [3.63, 3.8) is 0 Å². The summed E-state index contributed by atoms with van der Waals surface area (Å²) in [5.41, 5.74) is -1.23. The molecule has 2 saturated heterocycles. The smallest absolute Gasteiger partial charge is 0.313 e. The first-order valence-electron chi connectivity index (χ1n) is 16.5. The molecule has 4 aliphatic rings. The fraction of sp³-hybridized carbons (Fsp3) is 0.611. The molecule has 0 bridgehead atoms. The zero-order valence-corrected chi connectivity index (χ0v) is 27.9. The SMILES string of the molecule is C[C@H]1CNC(=O)CC/C=C\[C@@H]2O[C@@]34C=CCN(C(C)(C)CC(C)(C)C)C(=O)[C@@H]3N([C@@H](CO)Cc3ccccc3)C(=O)[C@H]4[C@@H]2C(=O)O1. The number of carbonyl (C=O) groups is 4. The van der Waals surface area contributed by atoms with Crippen LogP contribution in [0.3, 0.4) is 0 Å². The maximum atomic E-state index is 15.0. The van der Waals surface area contributed by atoms with E-state index in [0.717, 1.165) is 5.56 Å². The van der Waals surface area contributed by atoms with Crippen molar-refractivity contribution in [2.45, 2.75) is 103 Å². The van der Waals surface area contributed by atoms with Crippen LogP contribution in [0.5, 0.6) is 0 Å². The van der Waals surface area contributed by atoms with Crippen molar-refractivity contribution < 1.29 is 33.8 Å². The normalized spacial score (nSPS) is 31.9. The summed E-state index contributed by atoms with van der Waals surface area (Å²) in [4.78, 5) is 59.3. The topological polar surface area (TPSA) is 125 Å². The minimum atomic E-state index is -1.47. The number of likely N-dealkylation sites (tertiary alicyclic amines) is 1. The Bertz CT molecular complexity index is 1380. The lowest BCUT2D eigenvalue weighted by Crippen LogP contribution is -2.62. The molecule has 1 aromatic rings. The minimum absolute atomic E-state index is 0.0859. The summed E-state index contributed by atoms with van der Waals surface area (Å²) in [6.07, 6.45) is 7.42. The molecule has 2 fully saturated rings. The number of allylic oxidation sites excluding steroid dienone is 1. The molecule has 10 nitrogen and oxygen atoms in total. The van der Waals surface area contributed by atoms with Gasteiger partial charge in [-0.15, -0.1) is 0 Å². The molecule has 5 rings (SSSR count). The number of carbonyl (C=O) groups excluding carboxylic acids is 4. The Balaban J connectivity index is 1.63. The third-order valence-corrected chi connectivity index (χ3v) is 9.58. The van der Waals surface area contributed by atoms with Gasteiger partial charge >= 0.3 is 5.97 Å². The summed E-state index contributed by atoms with van der Waals surface area (Å²) < 4.78 is 12.6. The molecule has 10 heteroatoms. The van der Waals surface area contributed by atoms with Crippen molar-refractivity contribution in [2.24, 2.45) is 17.3 Å². The van der Waals surface area contributed by atoms with Crippen molar-refractivity contribution in [3.8, 4) is 0 Å². The average Bonchev–Trinajstić information content (AvgIpc) is 3.36. The number of benzene rings is 1. The molecule has 4 aliphatic heterocycles. The maximum absolute atomic E-state index is 15.0. The van der Waals surface area contributed by atoms with Crippen LogP contribution in [0, 0.1) is 17.3 Å². The highest BCUT2D eigenvalue weighted by atomic mass is 16.6. The number of esters is 1. The van der Waals surface area contributed by atoms with Crippen LogP contribution in [0.2, 0.25) is 0 Å². The lowest BCUT2D eigenvalue weighted by Gasteiger charge is -2.45. The number of aliphatic hydroxyl groups excluding tert-OH is 1. The molecule has 250 valence electrons. The monoisotopic (exact) mass is 635 g/mol. The summed E-state index contributed by atoms with van der Waals surface area (Å²) in [6.45, 7) is 12.2. The molecule has 46 heavy (non-hydrogen) atoms. The fourth-order valence-electron chi connectivity index (χ4n) is 8.07. The molecule has 7 atom stereocenters. The van der Waals surface area contributed by atoms with Crippen LogP contribution in [0.1, 0.15) is 66.4 Å². The van der Waals surface area contributed by atoms with Crippen LogP contribution in [0.4, 0.5) is 0 Å². The predicted octanol–water partition coefficient (Wildman–Crippen LogP) is 3.18. The van der Waals surface area contributed by atoms with Crippen molar-refractivity contribution >= 4 is 23.7 Å². The van der Waals surface area contributed by atoms with Gasteiger partial charge < -0.3 is 29.7 Å². The number of amides is 3. The second-order valence-electron chi connectivity index (χ2n) is 15.0.